The second-order valence-electron chi connectivity index (χ2n) is 7.47. The number of amides is 1. The molecule has 0 spiro atoms. The van der Waals surface area contributed by atoms with Gasteiger partial charge in [0.25, 0.3) is 21.6 Å². The zero-order chi connectivity index (χ0) is 26.3. The molecular formula is C24H24N4O7S. The van der Waals surface area contributed by atoms with Crippen molar-refractivity contribution in [3.05, 3.63) is 88.0 Å². The Morgan fingerprint density at radius 1 is 1.06 bits per heavy atom. The normalized spacial score (nSPS) is 11.2. The maximum Gasteiger partial charge on any atom is 0.278 e. The van der Waals surface area contributed by atoms with E-state index in [1.165, 1.54) is 50.6 Å². The molecule has 3 rings (SSSR count). The monoisotopic (exact) mass is 512 g/mol. The summed E-state index contributed by atoms with van der Waals surface area (Å²) in [7, 11) is -1.41. The predicted octanol–water partition coefficient (Wildman–Crippen LogP) is 3.27. The molecule has 1 amide bonds. The molecule has 3 aromatic carbocycles. The zero-order valence-electron chi connectivity index (χ0n) is 19.7. The number of rotatable bonds is 10. The van der Waals surface area contributed by atoms with E-state index in [0.29, 0.717) is 5.75 Å². The molecule has 0 heterocycles. The number of nitrogens with one attached hydrogen (secondary N) is 1. The third-order valence-electron chi connectivity index (χ3n) is 5.08. The molecule has 0 radical (unpaired) electrons. The highest BCUT2D eigenvalue weighted by Gasteiger charge is 2.28. The summed E-state index contributed by atoms with van der Waals surface area (Å²) in [5, 5.41) is 14.9. The molecule has 0 aromatic heterocycles. The molecule has 0 saturated heterocycles. The van der Waals surface area contributed by atoms with Gasteiger partial charge in [0.05, 0.1) is 41.5 Å². The van der Waals surface area contributed by atoms with Crippen LogP contribution in [0, 0.1) is 17.0 Å². The lowest BCUT2D eigenvalue weighted by atomic mass is 10.2. The fourth-order valence-corrected chi connectivity index (χ4v) is 4.67. The number of hydrazone groups is 1. The minimum Gasteiger partial charge on any atom is -0.493 e. The largest absolute Gasteiger partial charge is 0.493 e. The van der Waals surface area contributed by atoms with E-state index in [1.807, 2.05) is 6.92 Å². The summed E-state index contributed by atoms with van der Waals surface area (Å²) in [5.41, 5.74) is 3.38. The maximum atomic E-state index is 13.6. The van der Waals surface area contributed by atoms with E-state index in [9.17, 15) is 23.3 Å². The number of nitro benzene ring substituents is 1. The van der Waals surface area contributed by atoms with Gasteiger partial charge in [-0.2, -0.15) is 5.10 Å². The number of benzene rings is 3. The number of carbonyl (C=O) groups is 1. The summed E-state index contributed by atoms with van der Waals surface area (Å²) in [6.07, 6.45) is 1.12. The van der Waals surface area contributed by atoms with Crippen LogP contribution >= 0.6 is 0 Å². The van der Waals surface area contributed by atoms with Crippen LogP contribution in [0.1, 0.15) is 11.1 Å². The topological polar surface area (TPSA) is 140 Å². The first-order valence-corrected chi connectivity index (χ1v) is 12.0. The summed E-state index contributed by atoms with van der Waals surface area (Å²) >= 11 is 0. The van der Waals surface area contributed by atoms with Crippen LogP contribution in [0.3, 0.4) is 0 Å². The molecule has 0 unspecified atom stereocenters. The van der Waals surface area contributed by atoms with Gasteiger partial charge in [0.2, 0.25) is 0 Å². The van der Waals surface area contributed by atoms with E-state index < -0.39 is 27.4 Å². The Bertz CT molecular complexity index is 1390. The van der Waals surface area contributed by atoms with Gasteiger partial charge in [-0.3, -0.25) is 19.2 Å². The van der Waals surface area contributed by atoms with E-state index in [2.05, 4.69) is 10.5 Å². The first-order chi connectivity index (χ1) is 17.2. The molecule has 0 atom stereocenters. The summed E-state index contributed by atoms with van der Waals surface area (Å²) in [6.45, 7) is 1.25. The molecule has 11 nitrogen and oxygen atoms in total. The lowest BCUT2D eigenvalue weighted by Gasteiger charge is -2.24. The Labute approximate surface area is 208 Å². The second-order valence-corrected chi connectivity index (χ2v) is 9.34. The summed E-state index contributed by atoms with van der Waals surface area (Å²) in [4.78, 5) is 23.2. The van der Waals surface area contributed by atoms with Crippen molar-refractivity contribution in [2.45, 2.75) is 11.8 Å². The molecule has 0 aliphatic heterocycles. The van der Waals surface area contributed by atoms with Crippen LogP contribution in [-0.2, 0) is 14.8 Å². The molecule has 0 bridgehead atoms. The SMILES string of the molecule is COc1ccc(S(=O)(=O)N(CC(=O)N/N=C\c2ccccc2[N+](=O)[O-])c2ccc(C)cc2)cc1OC. The van der Waals surface area contributed by atoms with Gasteiger partial charge in [-0.05, 0) is 37.3 Å². The molecule has 36 heavy (non-hydrogen) atoms. The maximum absolute atomic E-state index is 13.6. The number of hydrogen-bond acceptors (Lipinski definition) is 8. The van der Waals surface area contributed by atoms with Crippen molar-refractivity contribution in [1.82, 2.24) is 5.43 Å². The zero-order valence-corrected chi connectivity index (χ0v) is 20.6. The van der Waals surface area contributed by atoms with Crippen LogP contribution in [-0.4, -0.2) is 46.2 Å². The summed E-state index contributed by atoms with van der Waals surface area (Å²) in [5.74, 6) is -0.198. The lowest BCUT2D eigenvalue weighted by molar-refractivity contribution is -0.385. The third kappa shape index (κ3) is 5.96. The van der Waals surface area contributed by atoms with Crippen LogP contribution in [0.4, 0.5) is 11.4 Å². The number of ether oxygens (including phenoxy) is 2. The minimum atomic E-state index is -4.22. The Morgan fingerprint density at radius 2 is 1.72 bits per heavy atom. The number of carbonyl (C=O) groups excluding carboxylic acids is 1. The fourth-order valence-electron chi connectivity index (χ4n) is 3.23. The van der Waals surface area contributed by atoms with Crippen molar-refractivity contribution in [1.29, 1.82) is 0 Å². The van der Waals surface area contributed by atoms with E-state index in [0.717, 1.165) is 16.1 Å². The highest BCUT2D eigenvalue weighted by molar-refractivity contribution is 7.92. The number of aryl methyl sites for hydroxylation is 1. The number of anilines is 1. The fraction of sp³-hybridized carbons (Fsp3) is 0.167. The van der Waals surface area contributed by atoms with Gasteiger partial charge < -0.3 is 9.47 Å². The number of sulfonamides is 1. The third-order valence-corrected chi connectivity index (χ3v) is 6.85. The van der Waals surface area contributed by atoms with Crippen molar-refractivity contribution < 1.29 is 27.6 Å². The van der Waals surface area contributed by atoms with Crippen molar-refractivity contribution >= 4 is 33.5 Å². The Hall–Kier alpha value is -4.45. The Balaban J connectivity index is 1.90. The molecule has 3 aromatic rings. The first kappa shape index (κ1) is 26.2. The number of para-hydroxylation sites is 1. The van der Waals surface area contributed by atoms with Gasteiger partial charge in [0.15, 0.2) is 11.5 Å². The van der Waals surface area contributed by atoms with Gasteiger partial charge in [0.1, 0.15) is 6.54 Å². The Kier molecular flexibility index (Phi) is 8.22. The molecule has 0 fully saturated rings. The molecule has 0 aliphatic carbocycles. The average molecular weight is 513 g/mol. The van der Waals surface area contributed by atoms with Crippen molar-refractivity contribution in [3.8, 4) is 11.5 Å². The van der Waals surface area contributed by atoms with Gasteiger partial charge >= 0.3 is 0 Å². The second kappa shape index (κ2) is 11.3. The molecule has 12 heteroatoms. The minimum absolute atomic E-state index is 0.114. The standard InChI is InChI=1S/C24H24N4O7S/c1-17-8-10-19(11-9-17)27(36(32,33)20-12-13-22(34-2)23(14-20)35-3)16-24(29)26-25-15-18-6-4-5-7-21(18)28(30)31/h4-15H,16H2,1-3H3,(H,26,29)/b25-15-. The van der Waals surface area contributed by atoms with Crippen molar-refractivity contribution in [2.75, 3.05) is 25.1 Å². The van der Waals surface area contributed by atoms with Crippen molar-refractivity contribution in [3.63, 3.8) is 0 Å². The first-order valence-electron chi connectivity index (χ1n) is 10.5. The van der Waals surface area contributed by atoms with Crippen molar-refractivity contribution in [2.24, 2.45) is 5.10 Å². The van der Waals surface area contributed by atoms with E-state index in [4.69, 9.17) is 9.47 Å². The molecule has 0 aliphatic rings. The van der Waals surface area contributed by atoms with Crippen LogP contribution in [0.15, 0.2) is 76.7 Å². The number of nitrogens with zero attached hydrogens (tertiary/aromatic N) is 3. The molecular weight excluding hydrogens is 488 g/mol. The lowest BCUT2D eigenvalue weighted by Crippen LogP contribution is -2.39. The smallest absolute Gasteiger partial charge is 0.278 e. The van der Waals surface area contributed by atoms with Gasteiger partial charge in [-0.15, -0.1) is 0 Å². The number of nitro groups is 1. The van der Waals surface area contributed by atoms with Gasteiger partial charge in [-0.25, -0.2) is 13.8 Å². The van der Waals surface area contributed by atoms with Crippen LogP contribution in [0.25, 0.3) is 0 Å². The summed E-state index contributed by atoms with van der Waals surface area (Å²) < 4.78 is 38.5. The summed E-state index contributed by atoms with van der Waals surface area (Å²) in [6, 6.07) is 16.6. The van der Waals surface area contributed by atoms with E-state index in [1.54, 1.807) is 30.3 Å². The Morgan fingerprint density at radius 3 is 2.36 bits per heavy atom. The van der Waals surface area contributed by atoms with Gasteiger partial charge in [-0.1, -0.05) is 29.8 Å². The predicted molar refractivity (Wildman–Crippen MR) is 134 cm³/mol. The van der Waals surface area contributed by atoms with Gasteiger partial charge in [0, 0.05) is 12.1 Å². The molecule has 0 saturated carbocycles. The number of methoxy groups -OCH3 is 2. The van der Waals surface area contributed by atoms with E-state index in [-0.39, 0.29) is 27.6 Å². The number of hydrogen-bond donors (Lipinski definition) is 1. The molecule has 188 valence electrons. The van der Waals surface area contributed by atoms with Crippen LogP contribution in [0.2, 0.25) is 0 Å². The molecule has 1 N–H and O–H groups in total. The highest BCUT2D eigenvalue weighted by Crippen LogP contribution is 2.32. The van der Waals surface area contributed by atoms with Crippen LogP contribution < -0.4 is 19.2 Å². The average Bonchev–Trinajstić information content (AvgIpc) is 2.87. The quantitative estimate of drug-likeness (QED) is 0.250. The van der Waals surface area contributed by atoms with Crippen LogP contribution in [0.5, 0.6) is 11.5 Å². The highest BCUT2D eigenvalue weighted by atomic mass is 32.2. The van der Waals surface area contributed by atoms with E-state index >= 15 is 0 Å².